The first-order chi connectivity index (χ1) is 16.6. The fraction of sp³-hybridized carbons (Fsp3) is 0.900. The molecule has 0 aliphatic heterocycles. The molecular weight excluding hydrogens is 608 g/mol. The number of carboxylic acid groups (broad SMARTS) is 3. The van der Waals surface area contributed by atoms with E-state index in [1.165, 1.54) is 25.7 Å². The Morgan fingerprint density at radius 3 is 1.03 bits per heavy atom. The topological polar surface area (TPSA) is 120 Å². The Bertz CT molecular complexity index is 555. The van der Waals surface area contributed by atoms with Crippen molar-refractivity contribution in [2.75, 3.05) is 0 Å². The van der Waals surface area contributed by atoms with Crippen LogP contribution in [0.25, 0.3) is 0 Å². The van der Waals surface area contributed by atoms with Gasteiger partial charge in [-0.25, -0.2) is 0 Å². The van der Waals surface area contributed by atoms with Crippen molar-refractivity contribution in [2.45, 2.75) is 159 Å². The maximum Gasteiger partial charge on any atom is 3.00 e. The third kappa shape index (κ3) is 24.8. The van der Waals surface area contributed by atoms with Crippen LogP contribution in [0.5, 0.6) is 0 Å². The monoisotopic (exact) mass is 666 g/mol. The fourth-order valence-electron chi connectivity index (χ4n) is 3.38. The van der Waals surface area contributed by atoms with Crippen LogP contribution in [0.2, 0.25) is 0 Å². The van der Waals surface area contributed by atoms with Crippen LogP contribution < -0.4 is 15.3 Å². The maximum absolute atomic E-state index is 10.7. The summed E-state index contributed by atoms with van der Waals surface area (Å²) in [4.78, 5) is 31.9. The molecule has 37 heavy (non-hydrogen) atoms. The first-order valence-corrected chi connectivity index (χ1v) is 14.2. The van der Waals surface area contributed by atoms with Crippen LogP contribution in [-0.2, 0) is 14.4 Å². The molecule has 220 valence electrons. The van der Waals surface area contributed by atoms with Gasteiger partial charge in [0.2, 0.25) is 0 Å². The summed E-state index contributed by atoms with van der Waals surface area (Å²) in [6.07, 6.45) is 15.1. The first kappa shape index (κ1) is 44.0. The van der Waals surface area contributed by atoms with Gasteiger partial charge in [0, 0.05) is 34.2 Å². The van der Waals surface area contributed by atoms with Crippen molar-refractivity contribution in [3.8, 4) is 0 Å². The van der Waals surface area contributed by atoms with Crippen molar-refractivity contribution in [1.29, 1.82) is 0 Å². The average Bonchev–Trinajstić information content (AvgIpc) is 2.80. The van der Waals surface area contributed by atoms with Gasteiger partial charge < -0.3 is 29.7 Å². The van der Waals surface area contributed by atoms with Crippen molar-refractivity contribution in [1.82, 2.24) is 0 Å². The van der Waals surface area contributed by atoms with E-state index in [0.29, 0.717) is 6.42 Å². The van der Waals surface area contributed by atoms with Crippen LogP contribution in [0.15, 0.2) is 0 Å². The molecule has 0 aromatic heterocycles. The number of unbranched alkanes of at least 4 members (excludes halogenated alkanes) is 8. The van der Waals surface area contributed by atoms with Crippen molar-refractivity contribution in [3.05, 3.63) is 0 Å². The summed E-state index contributed by atoms with van der Waals surface area (Å²) < 4.78 is 0. The molecule has 0 aromatic rings. The molecule has 0 aliphatic carbocycles. The predicted molar refractivity (Wildman–Crippen MR) is 143 cm³/mol. The van der Waals surface area contributed by atoms with E-state index in [-0.39, 0.29) is 49.4 Å². The molecule has 0 N–H and O–H groups in total. The minimum Gasteiger partial charge on any atom is -0.550 e. The van der Waals surface area contributed by atoms with Crippen molar-refractivity contribution in [2.24, 2.45) is 16.2 Å². The molecule has 0 aromatic carbocycles. The van der Waals surface area contributed by atoms with Gasteiger partial charge in [0.05, 0.1) is 0 Å². The van der Waals surface area contributed by atoms with E-state index in [2.05, 4.69) is 20.8 Å². The van der Waals surface area contributed by atoms with Crippen molar-refractivity contribution >= 4 is 17.9 Å². The van der Waals surface area contributed by atoms with Gasteiger partial charge in [-0.15, -0.1) is 0 Å². The number of aliphatic carboxylic acids is 3. The zero-order valence-electron chi connectivity index (χ0n) is 25.4. The summed E-state index contributed by atoms with van der Waals surface area (Å²) in [6, 6.07) is 0. The Morgan fingerprint density at radius 2 is 0.784 bits per heavy atom. The molecule has 0 bridgehead atoms. The minimum atomic E-state index is -0.931. The van der Waals surface area contributed by atoms with E-state index in [9.17, 15) is 29.7 Å². The molecule has 1 atom stereocenters. The summed E-state index contributed by atoms with van der Waals surface area (Å²) in [5.41, 5.74) is -1.89. The Kier molecular flexibility index (Phi) is 29.7. The summed E-state index contributed by atoms with van der Waals surface area (Å²) in [5.74, 6) is -2.76. The molecule has 7 heteroatoms. The SMILES string of the molecule is CCCCCC(C)(CC)C(=O)[O-].CCCCCCC(C)(C)C(=O)[O-].CCCCCCC(C)(C)C(=O)[O-].[Eu+3]. The predicted octanol–water partition coefficient (Wildman–Crippen LogP) is 5.20. The standard InChI is InChI=1S/3C10H20O2.Eu/c2*1-4-5-6-7-8-10(2,3)9(11)12;1-4-6-7-8-10(3,5-2)9(11)12;/h3*4-8H2,1-3H3,(H,11,12);/q;;;+3/p-3. The number of hydrogen-bond donors (Lipinski definition) is 0. The Balaban J connectivity index is -0.000000218. The van der Waals surface area contributed by atoms with E-state index < -0.39 is 34.2 Å². The molecule has 1 unspecified atom stereocenters. The van der Waals surface area contributed by atoms with Gasteiger partial charge in [0.15, 0.2) is 0 Å². The summed E-state index contributed by atoms with van der Waals surface area (Å²) >= 11 is 0. The molecule has 0 spiro atoms. The van der Waals surface area contributed by atoms with Crippen LogP contribution in [0.1, 0.15) is 159 Å². The molecular formula is C30H57EuO6. The van der Waals surface area contributed by atoms with Crippen LogP contribution in [0.3, 0.4) is 0 Å². The number of hydrogen-bond acceptors (Lipinski definition) is 6. The van der Waals surface area contributed by atoms with E-state index in [1.54, 1.807) is 34.6 Å². The van der Waals surface area contributed by atoms with Gasteiger partial charge in [0.25, 0.3) is 0 Å². The second kappa shape index (κ2) is 25.0. The molecule has 0 saturated carbocycles. The quantitative estimate of drug-likeness (QED) is 0.186. The summed E-state index contributed by atoms with van der Waals surface area (Å²) in [6.45, 7) is 17.0. The number of carbonyl (C=O) groups is 3. The summed E-state index contributed by atoms with van der Waals surface area (Å²) in [5, 5.41) is 31.9. The number of rotatable bonds is 18. The molecule has 0 saturated heterocycles. The molecule has 0 rings (SSSR count). The van der Waals surface area contributed by atoms with Crippen molar-refractivity contribution < 1.29 is 79.1 Å². The molecule has 0 aliphatic rings. The van der Waals surface area contributed by atoms with Crippen LogP contribution in [-0.4, -0.2) is 17.9 Å². The first-order valence-electron chi connectivity index (χ1n) is 14.2. The smallest absolute Gasteiger partial charge is 0.550 e. The zero-order chi connectivity index (χ0) is 28.8. The normalized spacial score (nSPS) is 12.6. The van der Waals surface area contributed by atoms with Gasteiger partial charge in [-0.3, -0.25) is 0 Å². The molecule has 6 nitrogen and oxygen atoms in total. The summed E-state index contributed by atoms with van der Waals surface area (Å²) in [7, 11) is 0. The third-order valence-corrected chi connectivity index (χ3v) is 7.02. The van der Waals surface area contributed by atoms with Gasteiger partial charge in [-0.1, -0.05) is 133 Å². The third-order valence-electron chi connectivity index (χ3n) is 7.02. The molecule has 0 heterocycles. The van der Waals surface area contributed by atoms with E-state index in [4.69, 9.17) is 0 Å². The zero-order valence-corrected chi connectivity index (χ0v) is 27.9. The van der Waals surface area contributed by atoms with Gasteiger partial charge in [-0.05, 0) is 25.7 Å². The van der Waals surface area contributed by atoms with Gasteiger partial charge >= 0.3 is 49.4 Å². The van der Waals surface area contributed by atoms with Gasteiger partial charge in [0.1, 0.15) is 0 Å². The Hall–Kier alpha value is -0.00558. The van der Waals surface area contributed by atoms with Crippen LogP contribution in [0.4, 0.5) is 0 Å². The molecule has 0 radical (unpaired) electrons. The average molecular weight is 666 g/mol. The largest absolute Gasteiger partial charge is 3.00 e. The number of carbonyl (C=O) groups excluding carboxylic acids is 3. The van der Waals surface area contributed by atoms with E-state index in [0.717, 1.165) is 64.2 Å². The number of carboxylic acids is 3. The van der Waals surface area contributed by atoms with E-state index in [1.807, 2.05) is 6.92 Å². The Morgan fingerprint density at radius 1 is 0.486 bits per heavy atom. The molecule has 0 amide bonds. The van der Waals surface area contributed by atoms with E-state index >= 15 is 0 Å². The molecule has 0 fully saturated rings. The fourth-order valence-corrected chi connectivity index (χ4v) is 3.38. The second-order valence-electron chi connectivity index (χ2n) is 11.6. The van der Waals surface area contributed by atoms with Crippen molar-refractivity contribution in [3.63, 3.8) is 0 Å². The van der Waals surface area contributed by atoms with Crippen LogP contribution in [0, 0.1) is 65.6 Å². The maximum atomic E-state index is 10.7. The second-order valence-corrected chi connectivity index (χ2v) is 11.6. The van der Waals surface area contributed by atoms with Gasteiger partial charge in [-0.2, -0.15) is 0 Å². The van der Waals surface area contributed by atoms with Crippen LogP contribution >= 0.6 is 0 Å². The minimum absolute atomic E-state index is 0. The Labute approximate surface area is 269 Å².